The predicted molar refractivity (Wildman–Crippen MR) is 92.9 cm³/mol. The third kappa shape index (κ3) is 2.00. The monoisotopic (exact) mass is 336 g/mol. The van der Waals surface area contributed by atoms with Crippen molar-refractivity contribution in [1.29, 1.82) is 0 Å². The first-order valence-electron chi connectivity index (χ1n) is 8.70. The maximum Gasteiger partial charge on any atom is 0.311 e. The minimum absolute atomic E-state index is 0.296. The summed E-state index contributed by atoms with van der Waals surface area (Å²) in [6.45, 7) is 4.15. The van der Waals surface area contributed by atoms with E-state index in [4.69, 9.17) is 9.47 Å². The summed E-state index contributed by atoms with van der Waals surface area (Å²) >= 11 is 0. The fourth-order valence-corrected chi connectivity index (χ4v) is 4.47. The Morgan fingerprint density at radius 2 is 1.20 bits per heavy atom. The Hall–Kier alpha value is -2.62. The van der Waals surface area contributed by atoms with Crippen molar-refractivity contribution in [2.24, 2.45) is 11.8 Å². The Kier molecular flexibility index (Phi) is 3.64. The highest BCUT2D eigenvalue weighted by Crippen LogP contribution is 2.70. The fourth-order valence-electron chi connectivity index (χ4n) is 4.47. The number of carbonyl (C=O) groups excluding carboxylic acids is 2. The van der Waals surface area contributed by atoms with Crippen LogP contribution in [-0.4, -0.2) is 25.2 Å². The van der Waals surface area contributed by atoms with Crippen molar-refractivity contribution >= 4 is 11.9 Å². The van der Waals surface area contributed by atoms with E-state index in [9.17, 15) is 9.59 Å². The van der Waals surface area contributed by atoms with Gasteiger partial charge in [0.1, 0.15) is 0 Å². The van der Waals surface area contributed by atoms with Crippen molar-refractivity contribution in [3.8, 4) is 11.1 Å². The van der Waals surface area contributed by atoms with Gasteiger partial charge in [0.2, 0.25) is 0 Å². The summed E-state index contributed by atoms with van der Waals surface area (Å²) in [5.41, 5.74) is 3.55. The van der Waals surface area contributed by atoms with Crippen molar-refractivity contribution in [2.75, 3.05) is 13.2 Å². The molecular weight excluding hydrogens is 316 g/mol. The highest BCUT2D eigenvalue weighted by Gasteiger charge is 2.76. The minimum atomic E-state index is -0.661. The lowest BCUT2D eigenvalue weighted by molar-refractivity contribution is -0.150. The van der Waals surface area contributed by atoms with E-state index in [1.807, 2.05) is 48.5 Å². The molecule has 2 aromatic rings. The van der Waals surface area contributed by atoms with E-state index < -0.39 is 17.3 Å². The first-order chi connectivity index (χ1) is 12.2. The summed E-state index contributed by atoms with van der Waals surface area (Å²) in [5, 5.41) is 0. The molecule has 0 radical (unpaired) electrons. The Labute approximate surface area is 146 Å². The van der Waals surface area contributed by atoms with Gasteiger partial charge in [-0.25, -0.2) is 0 Å². The molecule has 1 saturated carbocycles. The van der Waals surface area contributed by atoms with Crippen molar-refractivity contribution in [1.82, 2.24) is 0 Å². The average molecular weight is 336 g/mol. The topological polar surface area (TPSA) is 52.6 Å². The van der Waals surface area contributed by atoms with Gasteiger partial charge in [0.05, 0.1) is 25.0 Å². The van der Waals surface area contributed by atoms with E-state index in [1.165, 1.54) is 0 Å². The van der Waals surface area contributed by atoms with Crippen molar-refractivity contribution in [2.45, 2.75) is 19.3 Å². The van der Waals surface area contributed by atoms with E-state index in [-0.39, 0.29) is 11.9 Å². The number of ether oxygens (including phenoxy) is 2. The molecule has 2 aromatic carbocycles. The van der Waals surface area contributed by atoms with E-state index in [2.05, 4.69) is 0 Å². The van der Waals surface area contributed by atoms with Crippen LogP contribution in [0, 0.1) is 11.8 Å². The second-order valence-electron chi connectivity index (χ2n) is 6.42. The maximum atomic E-state index is 12.7. The van der Waals surface area contributed by atoms with E-state index in [0.29, 0.717) is 13.2 Å². The van der Waals surface area contributed by atoms with Gasteiger partial charge in [-0.2, -0.15) is 0 Å². The van der Waals surface area contributed by atoms with Crippen LogP contribution in [0.1, 0.15) is 25.0 Å². The third-order valence-corrected chi connectivity index (χ3v) is 5.32. The molecule has 4 heteroatoms. The SMILES string of the molecule is CCOC(=O)[C@@H]1[C@H](C(=O)OCC)C12c1ccccc1-c1ccccc12. The average Bonchev–Trinajstić information content (AvgIpc) is 3.25. The molecule has 0 saturated heterocycles. The number of carbonyl (C=O) groups is 2. The van der Waals surface area contributed by atoms with Gasteiger partial charge in [0, 0.05) is 5.41 Å². The van der Waals surface area contributed by atoms with Crippen LogP contribution in [0.4, 0.5) is 0 Å². The van der Waals surface area contributed by atoms with Gasteiger partial charge < -0.3 is 9.47 Å². The normalized spacial score (nSPS) is 21.4. The van der Waals surface area contributed by atoms with Crippen LogP contribution in [-0.2, 0) is 24.5 Å². The van der Waals surface area contributed by atoms with Gasteiger partial charge in [-0.15, -0.1) is 0 Å². The van der Waals surface area contributed by atoms with Crippen molar-refractivity contribution in [3.05, 3.63) is 59.7 Å². The van der Waals surface area contributed by atoms with Gasteiger partial charge >= 0.3 is 11.9 Å². The number of esters is 2. The van der Waals surface area contributed by atoms with E-state index >= 15 is 0 Å². The molecule has 0 aromatic heterocycles. The smallest absolute Gasteiger partial charge is 0.311 e. The zero-order valence-electron chi connectivity index (χ0n) is 14.3. The molecule has 0 unspecified atom stereocenters. The summed E-state index contributed by atoms with van der Waals surface area (Å²) in [6.07, 6.45) is 0. The number of hydrogen-bond donors (Lipinski definition) is 0. The highest BCUT2D eigenvalue weighted by atomic mass is 16.5. The lowest BCUT2D eigenvalue weighted by Gasteiger charge is -2.14. The molecule has 0 amide bonds. The maximum absolute atomic E-state index is 12.7. The van der Waals surface area contributed by atoms with Gasteiger partial charge in [-0.05, 0) is 36.1 Å². The molecule has 4 rings (SSSR count). The Bertz CT molecular complexity index is 783. The van der Waals surface area contributed by atoms with Crippen LogP contribution in [0.15, 0.2) is 48.5 Å². The van der Waals surface area contributed by atoms with Crippen LogP contribution in [0.3, 0.4) is 0 Å². The van der Waals surface area contributed by atoms with Gasteiger partial charge in [-0.3, -0.25) is 9.59 Å². The zero-order chi connectivity index (χ0) is 17.6. The van der Waals surface area contributed by atoms with E-state index in [1.54, 1.807) is 13.8 Å². The second kappa shape index (κ2) is 5.73. The van der Waals surface area contributed by atoms with Gasteiger partial charge in [0.15, 0.2) is 0 Å². The van der Waals surface area contributed by atoms with Crippen LogP contribution in [0.2, 0.25) is 0 Å². The molecule has 2 aliphatic rings. The Morgan fingerprint density at radius 3 is 1.60 bits per heavy atom. The first-order valence-corrected chi connectivity index (χ1v) is 8.70. The zero-order valence-corrected chi connectivity index (χ0v) is 14.3. The molecule has 25 heavy (non-hydrogen) atoms. The number of rotatable bonds is 4. The lowest BCUT2D eigenvalue weighted by Crippen LogP contribution is -2.17. The van der Waals surface area contributed by atoms with Crippen LogP contribution in [0.25, 0.3) is 11.1 Å². The molecule has 0 heterocycles. The first kappa shape index (κ1) is 15.9. The fraction of sp³-hybridized carbons (Fsp3) is 0.333. The number of fused-ring (bicyclic) bond motifs is 5. The van der Waals surface area contributed by atoms with Gasteiger partial charge in [-0.1, -0.05) is 48.5 Å². The Morgan fingerprint density at radius 1 is 0.800 bits per heavy atom. The third-order valence-electron chi connectivity index (χ3n) is 5.32. The molecule has 0 bridgehead atoms. The number of hydrogen-bond acceptors (Lipinski definition) is 4. The standard InChI is InChI=1S/C21H20O4/c1-3-24-19(22)17-18(20(23)25-4-2)21(17)15-11-7-5-9-13(15)14-10-6-8-12-16(14)21/h5-12,17-18H,3-4H2,1-2H3/t17-,18+. The summed E-state index contributed by atoms with van der Waals surface area (Å²) in [7, 11) is 0. The van der Waals surface area contributed by atoms with E-state index in [0.717, 1.165) is 22.3 Å². The molecule has 1 spiro atoms. The minimum Gasteiger partial charge on any atom is -0.466 e. The molecule has 2 atom stereocenters. The molecule has 0 N–H and O–H groups in total. The summed E-state index contributed by atoms with van der Waals surface area (Å²) in [6, 6.07) is 16.0. The molecular formula is C21H20O4. The van der Waals surface area contributed by atoms with Crippen molar-refractivity contribution < 1.29 is 19.1 Å². The predicted octanol–water partition coefficient (Wildman–Crippen LogP) is 3.33. The highest BCUT2D eigenvalue weighted by molar-refractivity contribution is 5.99. The summed E-state index contributed by atoms with van der Waals surface area (Å²) in [4.78, 5) is 25.4. The van der Waals surface area contributed by atoms with Crippen LogP contribution < -0.4 is 0 Å². The summed E-state index contributed by atoms with van der Waals surface area (Å²) < 4.78 is 10.6. The second-order valence-corrected chi connectivity index (χ2v) is 6.42. The van der Waals surface area contributed by atoms with Gasteiger partial charge in [0.25, 0.3) is 0 Å². The lowest BCUT2D eigenvalue weighted by atomic mass is 9.89. The molecule has 4 nitrogen and oxygen atoms in total. The molecule has 128 valence electrons. The largest absolute Gasteiger partial charge is 0.466 e. The summed E-state index contributed by atoms with van der Waals surface area (Å²) in [5.74, 6) is -1.72. The molecule has 0 aliphatic heterocycles. The molecule has 1 fully saturated rings. The molecule has 2 aliphatic carbocycles. The van der Waals surface area contributed by atoms with Crippen LogP contribution in [0.5, 0.6) is 0 Å². The number of benzene rings is 2. The van der Waals surface area contributed by atoms with Crippen LogP contribution >= 0.6 is 0 Å². The Balaban J connectivity index is 1.92. The quantitative estimate of drug-likeness (QED) is 0.804. The van der Waals surface area contributed by atoms with Crippen molar-refractivity contribution in [3.63, 3.8) is 0 Å².